The van der Waals surface area contributed by atoms with Gasteiger partial charge in [-0.1, -0.05) is 0 Å². The van der Waals surface area contributed by atoms with Crippen molar-refractivity contribution >= 4 is 17.4 Å². The Labute approximate surface area is 151 Å². The minimum atomic E-state index is -0.381. The number of fused-ring (bicyclic) bond motifs is 1. The highest BCUT2D eigenvalue weighted by atomic mass is 16.5. The van der Waals surface area contributed by atoms with Crippen molar-refractivity contribution in [1.82, 2.24) is 4.98 Å². The molecule has 26 heavy (non-hydrogen) atoms. The molecule has 2 aromatic rings. The molecule has 1 aromatic carbocycles. The molecule has 0 atom stereocenters. The lowest BCUT2D eigenvalue weighted by atomic mass is 10.1. The minimum absolute atomic E-state index is 0.0369. The number of carbonyl (C=O) groups is 1. The minimum Gasteiger partial charge on any atom is -0.497 e. The van der Waals surface area contributed by atoms with Crippen LogP contribution in [-0.2, 0) is 16.0 Å². The molecule has 1 aliphatic heterocycles. The summed E-state index contributed by atoms with van der Waals surface area (Å²) in [5.74, 6) is 2.09. The fourth-order valence-electron chi connectivity index (χ4n) is 2.63. The Hall–Kier alpha value is -3.22. The number of nitrogens with zero attached hydrogens (tertiary/aromatic N) is 1. The van der Waals surface area contributed by atoms with Crippen LogP contribution < -0.4 is 19.5 Å². The summed E-state index contributed by atoms with van der Waals surface area (Å²) in [7, 11) is 4.49. The smallest absolute Gasteiger partial charge is 0.311 e. The third-order valence-electron chi connectivity index (χ3n) is 3.96. The second kappa shape index (κ2) is 7.77. The third-order valence-corrected chi connectivity index (χ3v) is 3.96. The summed E-state index contributed by atoms with van der Waals surface area (Å²) in [6.45, 7) is 0.639. The van der Waals surface area contributed by atoms with Gasteiger partial charge in [0.2, 0.25) is 0 Å². The Balaban J connectivity index is 1.83. The lowest BCUT2D eigenvalue weighted by Gasteiger charge is -2.20. The van der Waals surface area contributed by atoms with Crippen LogP contribution in [0.2, 0.25) is 0 Å². The molecule has 0 radical (unpaired) electrons. The molecule has 0 saturated heterocycles. The summed E-state index contributed by atoms with van der Waals surface area (Å²) in [4.78, 5) is 15.7. The van der Waals surface area contributed by atoms with Crippen LogP contribution in [0, 0.1) is 0 Å². The van der Waals surface area contributed by atoms with Crippen molar-refractivity contribution in [2.45, 2.75) is 6.42 Å². The van der Waals surface area contributed by atoms with Gasteiger partial charge in [-0.25, -0.2) is 0 Å². The molecule has 2 heterocycles. The molecule has 0 aliphatic carbocycles. The molecule has 1 N–H and O–H groups in total. The Morgan fingerprint density at radius 2 is 2.00 bits per heavy atom. The highest BCUT2D eigenvalue weighted by Gasteiger charge is 2.17. The summed E-state index contributed by atoms with van der Waals surface area (Å²) in [6, 6.07) is 7.44. The van der Waals surface area contributed by atoms with Gasteiger partial charge in [0.15, 0.2) is 0 Å². The number of benzene rings is 1. The average molecular weight is 356 g/mol. The van der Waals surface area contributed by atoms with Crippen LogP contribution in [0.1, 0.15) is 11.3 Å². The van der Waals surface area contributed by atoms with Crippen molar-refractivity contribution in [3.63, 3.8) is 0 Å². The number of methoxy groups -OCH3 is 3. The van der Waals surface area contributed by atoms with Crippen LogP contribution in [0.5, 0.6) is 17.2 Å². The summed E-state index contributed by atoms with van der Waals surface area (Å²) >= 11 is 0. The molecule has 7 heteroatoms. The largest absolute Gasteiger partial charge is 0.497 e. The first kappa shape index (κ1) is 17.6. The quantitative estimate of drug-likeness (QED) is 0.797. The number of hydrogen-bond acceptors (Lipinski definition) is 7. The van der Waals surface area contributed by atoms with Crippen molar-refractivity contribution in [2.24, 2.45) is 0 Å². The van der Waals surface area contributed by atoms with Crippen molar-refractivity contribution in [3.8, 4) is 17.2 Å². The highest BCUT2D eigenvalue weighted by Crippen LogP contribution is 2.33. The van der Waals surface area contributed by atoms with Crippen LogP contribution in [0.3, 0.4) is 0 Å². The maximum atomic E-state index is 11.5. The predicted molar refractivity (Wildman–Crippen MR) is 96.6 cm³/mol. The van der Waals surface area contributed by atoms with Gasteiger partial charge >= 0.3 is 5.97 Å². The number of esters is 1. The Morgan fingerprint density at radius 3 is 2.73 bits per heavy atom. The van der Waals surface area contributed by atoms with Gasteiger partial charge in [0.05, 0.1) is 39.6 Å². The molecular weight excluding hydrogens is 336 g/mol. The molecule has 0 amide bonds. The Kier molecular flexibility index (Phi) is 5.26. The Bertz CT molecular complexity index is 848. The molecule has 1 aliphatic rings. The van der Waals surface area contributed by atoms with E-state index >= 15 is 0 Å². The number of pyridine rings is 1. The molecule has 1 aromatic heterocycles. The SMILES string of the molecule is COC(=O)Cc1ncc(OC2=CCNc3cc(OC)ccc32)cc1OC. The van der Waals surface area contributed by atoms with Crippen LogP contribution in [-0.4, -0.2) is 38.8 Å². The van der Waals surface area contributed by atoms with Gasteiger partial charge in [0, 0.05) is 29.9 Å². The number of nitrogens with one attached hydrogen (secondary N) is 1. The fraction of sp³-hybridized carbons (Fsp3) is 0.263. The zero-order chi connectivity index (χ0) is 18.5. The maximum Gasteiger partial charge on any atom is 0.311 e. The monoisotopic (exact) mass is 356 g/mol. The molecular formula is C19H20N2O5. The van der Waals surface area contributed by atoms with E-state index in [0.29, 0.717) is 29.5 Å². The van der Waals surface area contributed by atoms with E-state index < -0.39 is 0 Å². The molecule has 136 valence electrons. The van der Waals surface area contributed by atoms with E-state index in [2.05, 4.69) is 15.0 Å². The van der Waals surface area contributed by atoms with E-state index in [0.717, 1.165) is 17.0 Å². The van der Waals surface area contributed by atoms with E-state index in [1.54, 1.807) is 19.4 Å². The molecule has 0 fully saturated rings. The lowest BCUT2D eigenvalue weighted by molar-refractivity contribution is -0.139. The molecule has 3 rings (SSSR count). The zero-order valence-corrected chi connectivity index (χ0v) is 14.9. The fourth-order valence-corrected chi connectivity index (χ4v) is 2.63. The maximum absolute atomic E-state index is 11.5. The molecule has 0 spiro atoms. The van der Waals surface area contributed by atoms with Crippen LogP contribution in [0.25, 0.3) is 5.76 Å². The highest BCUT2D eigenvalue weighted by molar-refractivity contribution is 5.78. The first-order chi connectivity index (χ1) is 12.6. The number of carbonyl (C=O) groups excluding carboxylic acids is 1. The lowest BCUT2D eigenvalue weighted by Crippen LogP contribution is -2.11. The number of ether oxygens (including phenoxy) is 4. The van der Waals surface area contributed by atoms with E-state index in [9.17, 15) is 4.79 Å². The zero-order valence-electron chi connectivity index (χ0n) is 14.9. The van der Waals surface area contributed by atoms with Gasteiger partial charge in [-0.2, -0.15) is 0 Å². The molecule has 0 bridgehead atoms. The third kappa shape index (κ3) is 3.72. The molecule has 0 saturated carbocycles. The van der Waals surface area contributed by atoms with Crippen LogP contribution >= 0.6 is 0 Å². The predicted octanol–water partition coefficient (Wildman–Crippen LogP) is 2.66. The summed E-state index contributed by atoms with van der Waals surface area (Å²) in [5.41, 5.74) is 2.36. The van der Waals surface area contributed by atoms with Gasteiger partial charge in [-0.15, -0.1) is 0 Å². The number of hydrogen-bond donors (Lipinski definition) is 1. The summed E-state index contributed by atoms with van der Waals surface area (Å²) in [6.07, 6.45) is 3.55. The van der Waals surface area contributed by atoms with Gasteiger partial charge in [0.1, 0.15) is 23.0 Å². The van der Waals surface area contributed by atoms with Gasteiger partial charge < -0.3 is 24.3 Å². The van der Waals surface area contributed by atoms with Crippen molar-refractivity contribution in [2.75, 3.05) is 33.2 Å². The average Bonchev–Trinajstić information content (AvgIpc) is 2.68. The summed E-state index contributed by atoms with van der Waals surface area (Å²) < 4.78 is 21.3. The van der Waals surface area contributed by atoms with Crippen molar-refractivity contribution < 1.29 is 23.7 Å². The standard InChI is InChI=1S/C19H20N2O5/c1-23-12-4-5-14-15(8-12)20-7-6-17(14)26-13-9-18(24-2)16(21-11-13)10-19(22)25-3/h4-6,8-9,11,20H,7,10H2,1-3H3. The summed E-state index contributed by atoms with van der Waals surface area (Å²) in [5, 5.41) is 3.28. The van der Waals surface area contributed by atoms with Crippen molar-refractivity contribution in [1.29, 1.82) is 0 Å². The van der Waals surface area contributed by atoms with Gasteiger partial charge in [-0.3, -0.25) is 9.78 Å². The van der Waals surface area contributed by atoms with E-state index in [4.69, 9.17) is 14.2 Å². The number of aromatic nitrogens is 1. The number of anilines is 1. The van der Waals surface area contributed by atoms with Crippen LogP contribution in [0.15, 0.2) is 36.5 Å². The topological polar surface area (TPSA) is 78.9 Å². The molecule has 0 unspecified atom stereocenters. The first-order valence-electron chi connectivity index (χ1n) is 8.04. The van der Waals surface area contributed by atoms with Crippen LogP contribution in [0.4, 0.5) is 5.69 Å². The van der Waals surface area contributed by atoms with Gasteiger partial charge in [-0.05, 0) is 18.2 Å². The molecule has 7 nitrogen and oxygen atoms in total. The second-order valence-electron chi connectivity index (χ2n) is 5.54. The van der Waals surface area contributed by atoms with E-state index in [1.807, 2.05) is 24.3 Å². The normalized spacial score (nSPS) is 12.3. The van der Waals surface area contributed by atoms with E-state index in [-0.39, 0.29) is 12.4 Å². The first-order valence-corrected chi connectivity index (χ1v) is 8.04. The Morgan fingerprint density at radius 1 is 1.15 bits per heavy atom. The van der Waals surface area contributed by atoms with E-state index in [1.165, 1.54) is 14.2 Å². The van der Waals surface area contributed by atoms with Crippen molar-refractivity contribution in [3.05, 3.63) is 47.8 Å². The number of rotatable bonds is 6. The second-order valence-corrected chi connectivity index (χ2v) is 5.54. The van der Waals surface area contributed by atoms with Gasteiger partial charge in [0.25, 0.3) is 0 Å².